The normalized spacial score (nSPS) is 13.9. The summed E-state index contributed by atoms with van der Waals surface area (Å²) in [6.07, 6.45) is 8.39. The first-order valence-electron chi connectivity index (χ1n) is 8.38. The third-order valence-corrected chi connectivity index (χ3v) is 4.93. The molecule has 4 N–H and O–H groups in total. The summed E-state index contributed by atoms with van der Waals surface area (Å²) in [7, 11) is 0. The summed E-state index contributed by atoms with van der Waals surface area (Å²) in [6.45, 7) is 0.647. The number of hydrogen-bond acceptors (Lipinski definition) is 3. The van der Waals surface area contributed by atoms with Crippen molar-refractivity contribution >= 4 is 29.4 Å². The van der Waals surface area contributed by atoms with E-state index in [4.69, 9.17) is 5.73 Å². The third-order valence-electron chi connectivity index (χ3n) is 3.86. The quantitative estimate of drug-likeness (QED) is 0.495. The number of thioether (sulfide) groups is 1. The minimum Gasteiger partial charge on any atom is -0.370 e. The molecule has 1 aliphatic rings. The topological polar surface area (TPSA) is 84.2 Å². The Labute approximate surface area is 147 Å². The fourth-order valence-electron chi connectivity index (χ4n) is 2.59. The second-order valence-electron chi connectivity index (χ2n) is 5.80. The molecule has 0 aliphatic heterocycles. The number of amides is 3. The van der Waals surface area contributed by atoms with E-state index in [1.165, 1.54) is 30.2 Å². The van der Waals surface area contributed by atoms with Crippen molar-refractivity contribution in [1.29, 1.82) is 0 Å². The molecule has 0 saturated carbocycles. The van der Waals surface area contributed by atoms with Crippen LogP contribution in [-0.4, -0.2) is 24.2 Å². The number of para-hydroxylation sites is 1. The van der Waals surface area contributed by atoms with Crippen LogP contribution >= 0.6 is 11.8 Å². The molecule has 0 fully saturated rings. The number of nitrogens with one attached hydrogen (secondary N) is 2. The molecule has 0 aromatic heterocycles. The lowest BCUT2D eigenvalue weighted by atomic mass is 9.97. The zero-order chi connectivity index (χ0) is 17.2. The average molecular weight is 347 g/mol. The fourth-order valence-corrected chi connectivity index (χ4v) is 3.56. The summed E-state index contributed by atoms with van der Waals surface area (Å²) in [5.41, 5.74) is 7.35. The molecular weight excluding hydrogens is 322 g/mol. The molecule has 0 spiro atoms. The van der Waals surface area contributed by atoms with Crippen LogP contribution in [0.2, 0.25) is 0 Å². The molecule has 0 atom stereocenters. The van der Waals surface area contributed by atoms with E-state index in [1.807, 2.05) is 24.3 Å². The molecule has 1 aromatic rings. The van der Waals surface area contributed by atoms with E-state index in [1.54, 1.807) is 0 Å². The van der Waals surface area contributed by atoms with Crippen molar-refractivity contribution < 1.29 is 9.59 Å². The van der Waals surface area contributed by atoms with E-state index in [0.29, 0.717) is 18.7 Å². The second kappa shape index (κ2) is 10.0. The van der Waals surface area contributed by atoms with Crippen LogP contribution in [-0.2, 0) is 4.79 Å². The van der Waals surface area contributed by atoms with Gasteiger partial charge in [0.15, 0.2) is 0 Å². The van der Waals surface area contributed by atoms with Crippen LogP contribution in [0.5, 0.6) is 0 Å². The summed E-state index contributed by atoms with van der Waals surface area (Å²) in [5.74, 6) is 0.284. The number of carbonyl (C=O) groups is 2. The number of primary amides is 1. The Morgan fingerprint density at radius 3 is 2.79 bits per heavy atom. The van der Waals surface area contributed by atoms with Crippen LogP contribution in [0.1, 0.15) is 38.5 Å². The standard InChI is InChI=1S/C18H25N3O2S/c19-17(22)11-13-24-16-9-5-4-8-15(16)21-18(23)20-12-10-14-6-2-1-3-7-14/h4-6,8-9H,1-3,7,10-13H2,(H2,19,22)(H2,20,21,23). The van der Waals surface area contributed by atoms with Crippen molar-refractivity contribution in [2.45, 2.75) is 43.4 Å². The average Bonchev–Trinajstić information content (AvgIpc) is 2.57. The zero-order valence-electron chi connectivity index (χ0n) is 13.8. The first-order chi connectivity index (χ1) is 11.6. The first kappa shape index (κ1) is 18.4. The van der Waals surface area contributed by atoms with Gasteiger partial charge in [-0.15, -0.1) is 11.8 Å². The molecule has 2 rings (SSSR count). The molecule has 24 heavy (non-hydrogen) atoms. The maximum atomic E-state index is 12.1. The molecule has 130 valence electrons. The van der Waals surface area contributed by atoms with E-state index in [2.05, 4.69) is 16.7 Å². The maximum absolute atomic E-state index is 12.1. The lowest BCUT2D eigenvalue weighted by molar-refractivity contribution is -0.117. The highest BCUT2D eigenvalue weighted by Crippen LogP contribution is 2.27. The van der Waals surface area contributed by atoms with Gasteiger partial charge in [0.2, 0.25) is 5.91 Å². The van der Waals surface area contributed by atoms with E-state index < -0.39 is 0 Å². The van der Waals surface area contributed by atoms with Gasteiger partial charge in [0, 0.05) is 23.6 Å². The molecule has 1 aromatic carbocycles. The van der Waals surface area contributed by atoms with Gasteiger partial charge in [-0.05, 0) is 44.2 Å². The SMILES string of the molecule is NC(=O)CCSc1ccccc1NC(=O)NCCC1=CCCCC1. The van der Waals surface area contributed by atoms with Gasteiger partial charge in [0.05, 0.1) is 5.69 Å². The number of urea groups is 1. The maximum Gasteiger partial charge on any atom is 0.319 e. The second-order valence-corrected chi connectivity index (χ2v) is 6.94. The predicted octanol–water partition coefficient (Wildman–Crippen LogP) is 3.67. The Morgan fingerprint density at radius 1 is 1.21 bits per heavy atom. The smallest absolute Gasteiger partial charge is 0.319 e. The molecule has 3 amide bonds. The number of carbonyl (C=O) groups excluding carboxylic acids is 2. The van der Waals surface area contributed by atoms with Crippen molar-refractivity contribution in [3.63, 3.8) is 0 Å². The number of allylic oxidation sites excluding steroid dienone is 1. The van der Waals surface area contributed by atoms with Crippen molar-refractivity contribution in [1.82, 2.24) is 5.32 Å². The van der Waals surface area contributed by atoms with Crippen molar-refractivity contribution in [2.75, 3.05) is 17.6 Å². The van der Waals surface area contributed by atoms with Crippen LogP contribution in [0.4, 0.5) is 10.5 Å². The van der Waals surface area contributed by atoms with Crippen LogP contribution < -0.4 is 16.4 Å². The van der Waals surface area contributed by atoms with Gasteiger partial charge in [0.25, 0.3) is 0 Å². The lowest BCUT2D eigenvalue weighted by Gasteiger charge is -2.14. The van der Waals surface area contributed by atoms with Gasteiger partial charge < -0.3 is 16.4 Å². The Kier molecular flexibility index (Phi) is 7.68. The van der Waals surface area contributed by atoms with Crippen molar-refractivity contribution in [2.24, 2.45) is 5.73 Å². The lowest BCUT2D eigenvalue weighted by Crippen LogP contribution is -2.30. The summed E-state index contributed by atoms with van der Waals surface area (Å²) >= 11 is 1.51. The van der Waals surface area contributed by atoms with Crippen molar-refractivity contribution in [3.8, 4) is 0 Å². The Bertz CT molecular complexity index is 602. The Balaban J connectivity index is 1.78. The highest BCUT2D eigenvalue weighted by molar-refractivity contribution is 7.99. The molecule has 0 unspecified atom stereocenters. The molecule has 0 heterocycles. The molecule has 1 aliphatic carbocycles. The van der Waals surface area contributed by atoms with E-state index in [0.717, 1.165) is 29.8 Å². The minimum absolute atomic E-state index is 0.200. The molecule has 0 radical (unpaired) electrons. The highest BCUT2D eigenvalue weighted by atomic mass is 32.2. The number of anilines is 1. The summed E-state index contributed by atoms with van der Waals surface area (Å²) in [6, 6.07) is 7.37. The van der Waals surface area contributed by atoms with Gasteiger partial charge in [-0.1, -0.05) is 23.8 Å². The molecule has 5 nitrogen and oxygen atoms in total. The fraction of sp³-hybridized carbons (Fsp3) is 0.444. The highest BCUT2D eigenvalue weighted by Gasteiger charge is 2.08. The monoisotopic (exact) mass is 347 g/mol. The summed E-state index contributed by atoms with van der Waals surface area (Å²) in [5, 5.41) is 5.79. The van der Waals surface area contributed by atoms with Crippen LogP contribution in [0, 0.1) is 0 Å². The zero-order valence-corrected chi connectivity index (χ0v) is 14.7. The number of benzene rings is 1. The number of rotatable bonds is 8. The van der Waals surface area contributed by atoms with E-state index in [-0.39, 0.29) is 11.9 Å². The molecular formula is C18H25N3O2S. The molecule has 6 heteroatoms. The largest absolute Gasteiger partial charge is 0.370 e. The number of nitrogens with two attached hydrogens (primary N) is 1. The van der Waals surface area contributed by atoms with Gasteiger partial charge in [-0.25, -0.2) is 4.79 Å². The van der Waals surface area contributed by atoms with Gasteiger partial charge >= 0.3 is 6.03 Å². The van der Waals surface area contributed by atoms with Crippen molar-refractivity contribution in [3.05, 3.63) is 35.9 Å². The number of hydrogen-bond donors (Lipinski definition) is 3. The van der Waals surface area contributed by atoms with Gasteiger partial charge in [0.1, 0.15) is 0 Å². The minimum atomic E-state index is -0.317. The van der Waals surface area contributed by atoms with Crippen LogP contribution in [0.25, 0.3) is 0 Å². The van der Waals surface area contributed by atoms with Crippen LogP contribution in [0.3, 0.4) is 0 Å². The van der Waals surface area contributed by atoms with Gasteiger partial charge in [-0.2, -0.15) is 0 Å². The summed E-state index contributed by atoms with van der Waals surface area (Å²) < 4.78 is 0. The van der Waals surface area contributed by atoms with E-state index in [9.17, 15) is 9.59 Å². The van der Waals surface area contributed by atoms with Gasteiger partial charge in [-0.3, -0.25) is 4.79 Å². The third kappa shape index (κ3) is 6.66. The van der Waals surface area contributed by atoms with E-state index >= 15 is 0 Å². The van der Waals surface area contributed by atoms with Crippen LogP contribution in [0.15, 0.2) is 40.8 Å². The Morgan fingerprint density at radius 2 is 2.04 bits per heavy atom. The Hall–Kier alpha value is -1.95. The first-order valence-corrected chi connectivity index (χ1v) is 9.36. The summed E-state index contributed by atoms with van der Waals surface area (Å²) in [4.78, 5) is 23.8. The predicted molar refractivity (Wildman–Crippen MR) is 99.2 cm³/mol. The molecule has 0 bridgehead atoms. The molecule has 0 saturated heterocycles.